The van der Waals surface area contributed by atoms with Crippen LogP contribution in [0.3, 0.4) is 0 Å². The van der Waals surface area contributed by atoms with Crippen molar-refractivity contribution >= 4 is 60.8 Å². The third kappa shape index (κ3) is 2.68. The highest BCUT2D eigenvalue weighted by atomic mass is 79.9. The third-order valence-corrected chi connectivity index (χ3v) is 7.37. The van der Waals surface area contributed by atoms with Crippen LogP contribution >= 0.6 is 15.9 Å². The van der Waals surface area contributed by atoms with Crippen molar-refractivity contribution in [2.45, 2.75) is 6.42 Å². The maximum atomic E-state index is 11.5. The van der Waals surface area contributed by atoms with Gasteiger partial charge in [0.25, 0.3) is 0 Å². The molecule has 4 aromatic carbocycles. The predicted octanol–water partition coefficient (Wildman–Crippen LogP) is 4.63. The molecule has 36 heavy (non-hydrogen) atoms. The number of halogens is 1. The standard InChI is InChI=1S/C27H17BrO8/c28-18-12-8-3-1-2-6-10(12)14(11-7-4-5-9-13(11)18)15-19(29)16-17-21(31)22(32)23(33)25(35)27(17)36-26(16)24(34)20(15)30/h1-2,4-9,29-35H,3H2. The molecule has 0 aliphatic heterocycles. The average molecular weight is 549 g/mol. The van der Waals surface area contributed by atoms with Gasteiger partial charge in [0.05, 0.1) is 16.3 Å². The Bertz CT molecular complexity index is 1950. The van der Waals surface area contributed by atoms with Crippen molar-refractivity contribution in [1.82, 2.24) is 0 Å². The minimum atomic E-state index is -1.04. The van der Waals surface area contributed by atoms with Gasteiger partial charge in [0, 0.05) is 10.0 Å². The summed E-state index contributed by atoms with van der Waals surface area (Å²) in [5.41, 5.74) is -0.696. The second-order valence-corrected chi connectivity index (χ2v) is 9.22. The van der Waals surface area contributed by atoms with Crippen molar-refractivity contribution in [3.05, 3.63) is 51.3 Å². The molecule has 0 saturated heterocycles. The van der Waals surface area contributed by atoms with E-state index in [4.69, 9.17) is 4.42 Å². The molecule has 7 N–H and O–H groups in total. The van der Waals surface area contributed by atoms with E-state index in [1.807, 2.05) is 36.4 Å². The minimum Gasteiger partial charge on any atom is -0.506 e. The molecule has 1 aliphatic carbocycles. The van der Waals surface area contributed by atoms with Gasteiger partial charge in [-0.2, -0.15) is 0 Å². The molecule has 0 saturated carbocycles. The van der Waals surface area contributed by atoms with E-state index >= 15 is 0 Å². The first-order valence-electron chi connectivity index (χ1n) is 10.8. The van der Waals surface area contributed by atoms with Crippen LogP contribution in [-0.4, -0.2) is 35.7 Å². The molecular weight excluding hydrogens is 532 g/mol. The zero-order valence-electron chi connectivity index (χ0n) is 18.2. The van der Waals surface area contributed by atoms with Gasteiger partial charge in [0.15, 0.2) is 22.7 Å². The average Bonchev–Trinajstić information content (AvgIpc) is 3.12. The molecule has 9 heteroatoms. The largest absolute Gasteiger partial charge is 0.506 e. The van der Waals surface area contributed by atoms with Crippen molar-refractivity contribution < 1.29 is 40.2 Å². The van der Waals surface area contributed by atoms with E-state index in [2.05, 4.69) is 15.9 Å². The number of fused-ring (bicyclic) bond motifs is 5. The molecule has 6 rings (SSSR count). The van der Waals surface area contributed by atoms with Gasteiger partial charge < -0.3 is 40.2 Å². The molecule has 1 aliphatic rings. The van der Waals surface area contributed by atoms with Crippen LogP contribution in [0.2, 0.25) is 0 Å². The lowest BCUT2D eigenvalue weighted by molar-refractivity contribution is 0.348. The highest BCUT2D eigenvalue weighted by molar-refractivity contribution is 9.10. The summed E-state index contributed by atoms with van der Waals surface area (Å²) in [5, 5.41) is 76.8. The van der Waals surface area contributed by atoms with E-state index in [-0.39, 0.29) is 16.3 Å². The lowest BCUT2D eigenvalue weighted by atomic mass is 9.91. The molecule has 0 bridgehead atoms. The van der Waals surface area contributed by atoms with Gasteiger partial charge in [-0.25, -0.2) is 0 Å². The second kappa shape index (κ2) is 7.50. The molecular formula is C27H17BrO8. The SMILES string of the molecule is Oc1c(O)c(O)c2c(oc3c(O)c(O)c(-c4c5c(c(Br)c6ccccc46)=CCC=CC=5)c(O)c32)c1O. The molecule has 5 aromatic rings. The van der Waals surface area contributed by atoms with Crippen LogP contribution in [0.5, 0.6) is 40.2 Å². The fourth-order valence-electron chi connectivity index (χ4n) is 4.87. The molecule has 180 valence electrons. The van der Waals surface area contributed by atoms with Gasteiger partial charge in [-0.3, -0.25) is 0 Å². The number of phenols is 7. The van der Waals surface area contributed by atoms with Gasteiger partial charge in [0.2, 0.25) is 23.0 Å². The highest BCUT2D eigenvalue weighted by Crippen LogP contribution is 2.58. The maximum absolute atomic E-state index is 11.5. The predicted molar refractivity (Wildman–Crippen MR) is 138 cm³/mol. The summed E-state index contributed by atoms with van der Waals surface area (Å²) in [6, 6.07) is 7.33. The fraction of sp³-hybridized carbons (Fsp3) is 0.0370. The molecule has 0 amide bonds. The Morgan fingerprint density at radius 3 is 1.97 bits per heavy atom. The van der Waals surface area contributed by atoms with E-state index in [0.717, 1.165) is 15.1 Å². The van der Waals surface area contributed by atoms with Crippen LogP contribution in [0.1, 0.15) is 6.42 Å². The van der Waals surface area contributed by atoms with E-state index in [0.29, 0.717) is 22.6 Å². The van der Waals surface area contributed by atoms with Crippen LogP contribution in [0.15, 0.2) is 45.3 Å². The van der Waals surface area contributed by atoms with Gasteiger partial charge in [-0.05, 0) is 43.6 Å². The summed E-state index contributed by atoms with van der Waals surface area (Å²) < 4.78 is 6.26. The van der Waals surface area contributed by atoms with Crippen molar-refractivity contribution in [3.8, 4) is 51.4 Å². The number of benzene rings is 4. The monoisotopic (exact) mass is 548 g/mol. The van der Waals surface area contributed by atoms with Gasteiger partial charge in [-0.1, -0.05) is 48.6 Å². The summed E-state index contributed by atoms with van der Waals surface area (Å²) in [7, 11) is 0. The van der Waals surface area contributed by atoms with E-state index in [9.17, 15) is 35.7 Å². The van der Waals surface area contributed by atoms with E-state index in [1.54, 1.807) is 12.1 Å². The summed E-state index contributed by atoms with van der Waals surface area (Å²) in [6.07, 6.45) is 8.24. The lowest BCUT2D eigenvalue weighted by Crippen LogP contribution is -2.28. The Morgan fingerprint density at radius 1 is 0.639 bits per heavy atom. The molecule has 1 aromatic heterocycles. The zero-order chi connectivity index (χ0) is 25.5. The van der Waals surface area contributed by atoms with Crippen molar-refractivity contribution in [3.63, 3.8) is 0 Å². The van der Waals surface area contributed by atoms with Crippen molar-refractivity contribution in [2.75, 3.05) is 0 Å². The minimum absolute atomic E-state index is 0.144. The molecule has 0 unspecified atom stereocenters. The first-order valence-corrected chi connectivity index (χ1v) is 11.6. The Balaban J connectivity index is 1.91. The van der Waals surface area contributed by atoms with Gasteiger partial charge in [-0.15, -0.1) is 0 Å². The quantitative estimate of drug-likeness (QED) is 0.118. The van der Waals surface area contributed by atoms with Crippen LogP contribution in [-0.2, 0) is 0 Å². The number of hydrogen-bond acceptors (Lipinski definition) is 8. The Hall–Kier alpha value is -4.50. The van der Waals surface area contributed by atoms with Crippen LogP contribution in [0, 0.1) is 0 Å². The number of rotatable bonds is 1. The molecule has 0 radical (unpaired) electrons. The summed E-state index contributed by atoms with van der Waals surface area (Å²) >= 11 is 3.68. The van der Waals surface area contributed by atoms with Crippen LogP contribution in [0.4, 0.5) is 0 Å². The summed E-state index contributed by atoms with van der Waals surface area (Å²) in [4.78, 5) is 0. The number of aromatic hydroxyl groups is 7. The van der Waals surface area contributed by atoms with Crippen LogP contribution < -0.4 is 10.4 Å². The lowest BCUT2D eigenvalue weighted by Gasteiger charge is -2.16. The van der Waals surface area contributed by atoms with Crippen molar-refractivity contribution in [1.29, 1.82) is 0 Å². The van der Waals surface area contributed by atoms with Crippen LogP contribution in [0.25, 0.3) is 56.0 Å². The fourth-order valence-corrected chi connectivity index (χ4v) is 5.59. The third-order valence-electron chi connectivity index (χ3n) is 6.52. The normalized spacial score (nSPS) is 13.0. The molecule has 0 fully saturated rings. The Kier molecular flexibility index (Phi) is 4.58. The summed E-state index contributed by atoms with van der Waals surface area (Å²) in [5.74, 6) is -5.89. The topological polar surface area (TPSA) is 155 Å². The maximum Gasteiger partial charge on any atom is 0.208 e. The molecule has 1 heterocycles. The summed E-state index contributed by atoms with van der Waals surface area (Å²) in [6.45, 7) is 0. The zero-order valence-corrected chi connectivity index (χ0v) is 19.8. The number of furan rings is 1. The van der Waals surface area contributed by atoms with Crippen molar-refractivity contribution in [2.24, 2.45) is 0 Å². The van der Waals surface area contributed by atoms with E-state index < -0.39 is 51.4 Å². The van der Waals surface area contributed by atoms with Gasteiger partial charge >= 0.3 is 0 Å². The second-order valence-electron chi connectivity index (χ2n) is 8.42. The highest BCUT2D eigenvalue weighted by Gasteiger charge is 2.31. The smallest absolute Gasteiger partial charge is 0.208 e. The Labute approximate surface area is 210 Å². The number of phenolic OH excluding ortho intramolecular Hbond substituents is 7. The Morgan fingerprint density at radius 2 is 1.25 bits per heavy atom. The molecule has 8 nitrogen and oxygen atoms in total. The molecule has 0 atom stereocenters. The van der Waals surface area contributed by atoms with E-state index in [1.165, 1.54) is 0 Å². The molecule has 0 spiro atoms. The first kappa shape index (κ1) is 22.0. The number of allylic oxidation sites excluding steroid dienone is 2. The number of hydrogen-bond donors (Lipinski definition) is 7. The first-order chi connectivity index (χ1) is 17.2. The van der Waals surface area contributed by atoms with Gasteiger partial charge in [0.1, 0.15) is 5.75 Å².